The third-order valence-corrected chi connectivity index (χ3v) is 6.48. The molecule has 1 fully saturated rings. The Kier molecular flexibility index (Phi) is 6.79. The number of aromatic amines is 1. The molecule has 0 amide bonds. The van der Waals surface area contributed by atoms with E-state index in [0.717, 1.165) is 42.9 Å². The summed E-state index contributed by atoms with van der Waals surface area (Å²) in [5.41, 5.74) is 4.65. The van der Waals surface area contributed by atoms with E-state index in [-0.39, 0.29) is 46.8 Å². The summed E-state index contributed by atoms with van der Waals surface area (Å²) < 4.78 is 29.4. The average Bonchev–Trinajstić information content (AvgIpc) is 2.64. The minimum absolute atomic E-state index is 0. The molecule has 0 aliphatic heterocycles. The quantitative estimate of drug-likeness (QED) is 0.636. The number of hydrogen-bond acceptors (Lipinski definition) is 6. The second kappa shape index (κ2) is 8.51. The van der Waals surface area contributed by atoms with Crippen LogP contribution in [-0.4, -0.2) is 35.5 Å². The number of hydrogen-bond donors (Lipinski definition) is 3. The Morgan fingerprint density at radius 3 is 2.63 bits per heavy atom. The summed E-state index contributed by atoms with van der Waals surface area (Å²) in [5, 5.41) is 0.0388. The molecule has 1 saturated carbocycles. The SMILES string of the molecule is Cl.Cn1c(=O)[nH]c(=O)c2cc(S(=O)(=O)NC(CN)C3CCCCC3)cnc21. The highest BCUT2D eigenvalue weighted by atomic mass is 35.5. The highest BCUT2D eigenvalue weighted by molar-refractivity contribution is 7.89. The van der Waals surface area contributed by atoms with E-state index in [0.29, 0.717) is 0 Å². The van der Waals surface area contributed by atoms with Gasteiger partial charge in [-0.1, -0.05) is 19.3 Å². The van der Waals surface area contributed by atoms with Crippen LogP contribution in [0.2, 0.25) is 0 Å². The van der Waals surface area contributed by atoms with Crippen molar-refractivity contribution in [3.63, 3.8) is 0 Å². The molecule has 0 saturated heterocycles. The minimum atomic E-state index is -3.88. The fourth-order valence-corrected chi connectivity index (χ4v) is 4.79. The fraction of sp³-hybridized carbons (Fsp3) is 0.562. The fourth-order valence-electron chi connectivity index (χ4n) is 3.50. The smallest absolute Gasteiger partial charge is 0.329 e. The Balaban J connectivity index is 0.00000261. The van der Waals surface area contributed by atoms with Crippen molar-refractivity contribution in [1.82, 2.24) is 19.3 Å². The van der Waals surface area contributed by atoms with E-state index in [1.807, 2.05) is 0 Å². The third-order valence-electron chi connectivity index (χ3n) is 5.02. The van der Waals surface area contributed by atoms with Gasteiger partial charge in [0, 0.05) is 25.8 Å². The molecule has 2 aromatic heterocycles. The summed E-state index contributed by atoms with van der Waals surface area (Å²) in [6.07, 6.45) is 6.35. The van der Waals surface area contributed by atoms with Crippen LogP contribution in [0, 0.1) is 5.92 Å². The molecule has 0 spiro atoms. The van der Waals surface area contributed by atoms with Crippen LogP contribution in [-0.2, 0) is 17.1 Å². The summed E-state index contributed by atoms with van der Waals surface area (Å²) in [6.45, 7) is 0.208. The van der Waals surface area contributed by atoms with Crippen LogP contribution in [0.1, 0.15) is 32.1 Å². The Bertz CT molecular complexity index is 1030. The van der Waals surface area contributed by atoms with Crippen molar-refractivity contribution in [3.05, 3.63) is 33.1 Å². The first kappa shape index (κ1) is 21.5. The van der Waals surface area contributed by atoms with Gasteiger partial charge in [-0.3, -0.25) is 14.3 Å². The Morgan fingerprint density at radius 2 is 2.00 bits per heavy atom. The molecule has 3 rings (SSSR count). The zero-order valence-electron chi connectivity index (χ0n) is 15.0. The largest absolute Gasteiger partial charge is 0.329 e. The summed E-state index contributed by atoms with van der Waals surface area (Å²) in [4.78, 5) is 29.7. The molecule has 1 aliphatic carbocycles. The first-order chi connectivity index (χ1) is 12.3. The average molecular weight is 418 g/mol. The third kappa shape index (κ3) is 4.40. The van der Waals surface area contributed by atoms with Gasteiger partial charge >= 0.3 is 5.69 Å². The van der Waals surface area contributed by atoms with Gasteiger partial charge in [0.1, 0.15) is 10.5 Å². The number of H-pyrrole nitrogens is 1. The van der Waals surface area contributed by atoms with Crippen LogP contribution >= 0.6 is 12.4 Å². The lowest BCUT2D eigenvalue weighted by Crippen LogP contribution is -2.45. The predicted molar refractivity (Wildman–Crippen MR) is 105 cm³/mol. The summed E-state index contributed by atoms with van der Waals surface area (Å²) in [5.74, 6) is 0.209. The van der Waals surface area contributed by atoms with Crippen molar-refractivity contribution in [2.45, 2.75) is 43.0 Å². The number of aryl methyl sites for hydroxylation is 1. The second-order valence-electron chi connectivity index (χ2n) is 6.72. The predicted octanol–water partition coefficient (Wildman–Crippen LogP) is 0.230. The molecule has 27 heavy (non-hydrogen) atoms. The van der Waals surface area contributed by atoms with Crippen molar-refractivity contribution < 1.29 is 8.42 Å². The number of rotatable bonds is 5. The molecule has 1 unspecified atom stereocenters. The van der Waals surface area contributed by atoms with Gasteiger partial charge in [0.2, 0.25) is 10.0 Å². The van der Waals surface area contributed by atoms with E-state index in [9.17, 15) is 18.0 Å². The van der Waals surface area contributed by atoms with Crippen molar-refractivity contribution in [3.8, 4) is 0 Å². The van der Waals surface area contributed by atoms with Gasteiger partial charge in [-0.2, -0.15) is 0 Å². The van der Waals surface area contributed by atoms with E-state index in [1.165, 1.54) is 13.1 Å². The highest BCUT2D eigenvalue weighted by Crippen LogP contribution is 2.27. The van der Waals surface area contributed by atoms with Crippen LogP contribution in [0.4, 0.5) is 0 Å². The van der Waals surface area contributed by atoms with E-state index in [1.54, 1.807) is 0 Å². The van der Waals surface area contributed by atoms with Crippen molar-refractivity contribution in [1.29, 1.82) is 0 Å². The van der Waals surface area contributed by atoms with Crippen LogP contribution in [0.5, 0.6) is 0 Å². The van der Waals surface area contributed by atoms with E-state index >= 15 is 0 Å². The lowest BCUT2D eigenvalue weighted by molar-refractivity contribution is 0.294. The van der Waals surface area contributed by atoms with Crippen LogP contribution < -0.4 is 21.7 Å². The number of aromatic nitrogens is 3. The van der Waals surface area contributed by atoms with Crippen LogP contribution in [0.25, 0.3) is 11.0 Å². The molecule has 9 nitrogen and oxygen atoms in total. The van der Waals surface area contributed by atoms with Gasteiger partial charge in [0.15, 0.2) is 0 Å². The minimum Gasteiger partial charge on any atom is -0.329 e. The first-order valence-corrected chi connectivity index (χ1v) is 10.1. The number of nitrogens with two attached hydrogens (primary N) is 1. The zero-order chi connectivity index (χ0) is 18.9. The van der Waals surface area contributed by atoms with Crippen molar-refractivity contribution >= 4 is 33.5 Å². The van der Waals surface area contributed by atoms with Gasteiger partial charge in [0.25, 0.3) is 5.56 Å². The molecular weight excluding hydrogens is 394 g/mol. The number of nitrogens with one attached hydrogen (secondary N) is 2. The topological polar surface area (TPSA) is 140 Å². The molecular formula is C16H24ClN5O4S. The molecule has 1 atom stereocenters. The van der Waals surface area contributed by atoms with Gasteiger partial charge in [-0.25, -0.2) is 22.9 Å². The number of halogens is 1. The van der Waals surface area contributed by atoms with Gasteiger partial charge in [0.05, 0.1) is 5.39 Å². The normalized spacial score (nSPS) is 16.8. The molecule has 4 N–H and O–H groups in total. The number of pyridine rings is 1. The molecule has 2 aromatic rings. The van der Waals surface area contributed by atoms with Crippen LogP contribution in [0.15, 0.2) is 26.7 Å². The number of sulfonamides is 1. The maximum absolute atomic E-state index is 12.8. The van der Waals surface area contributed by atoms with E-state index < -0.39 is 21.3 Å². The maximum atomic E-state index is 12.8. The summed E-state index contributed by atoms with van der Waals surface area (Å²) in [6, 6.07) is 0.881. The van der Waals surface area contributed by atoms with Gasteiger partial charge in [-0.15, -0.1) is 12.4 Å². The molecule has 150 valence electrons. The highest BCUT2D eigenvalue weighted by Gasteiger charge is 2.28. The number of fused-ring (bicyclic) bond motifs is 1. The van der Waals surface area contributed by atoms with Crippen molar-refractivity contribution in [2.24, 2.45) is 18.7 Å². The zero-order valence-corrected chi connectivity index (χ0v) is 16.6. The molecule has 2 heterocycles. The monoisotopic (exact) mass is 417 g/mol. The molecule has 0 radical (unpaired) electrons. The lowest BCUT2D eigenvalue weighted by atomic mass is 9.84. The van der Waals surface area contributed by atoms with Crippen LogP contribution in [0.3, 0.4) is 0 Å². The number of nitrogens with zero attached hydrogens (tertiary/aromatic N) is 2. The summed E-state index contributed by atoms with van der Waals surface area (Å²) >= 11 is 0. The Morgan fingerprint density at radius 1 is 1.33 bits per heavy atom. The lowest BCUT2D eigenvalue weighted by Gasteiger charge is -2.29. The van der Waals surface area contributed by atoms with Gasteiger partial charge in [-0.05, 0) is 24.8 Å². The first-order valence-electron chi connectivity index (χ1n) is 8.65. The van der Waals surface area contributed by atoms with E-state index in [4.69, 9.17) is 5.73 Å². The summed E-state index contributed by atoms with van der Waals surface area (Å²) in [7, 11) is -2.43. The second-order valence-corrected chi connectivity index (χ2v) is 8.44. The Hall–Kier alpha value is -1.75. The molecule has 11 heteroatoms. The molecule has 0 aromatic carbocycles. The Labute approximate surface area is 162 Å². The van der Waals surface area contributed by atoms with Crippen molar-refractivity contribution in [2.75, 3.05) is 6.54 Å². The standard InChI is InChI=1S/C16H23N5O4S.ClH/c1-21-14-12(15(22)19-16(21)23)7-11(9-18-14)26(24,25)20-13(8-17)10-5-3-2-4-6-10;/h7,9-10,13,20H,2-6,8,17H2,1H3,(H,19,22,23);1H. The maximum Gasteiger partial charge on any atom is 0.329 e. The molecule has 0 bridgehead atoms. The molecule has 1 aliphatic rings. The van der Waals surface area contributed by atoms with E-state index in [2.05, 4.69) is 14.7 Å². The van der Waals surface area contributed by atoms with Gasteiger partial charge < -0.3 is 5.73 Å².